The Kier molecular flexibility index (Phi) is 13.3. The van der Waals surface area contributed by atoms with Gasteiger partial charge in [-0.2, -0.15) is 0 Å². The summed E-state index contributed by atoms with van der Waals surface area (Å²) in [5, 5.41) is 124. The zero-order valence-electron chi connectivity index (χ0n) is 26.8. The fourth-order valence-electron chi connectivity index (χ4n) is 6.62. The zero-order chi connectivity index (χ0) is 38.2. The van der Waals surface area contributed by atoms with Crippen LogP contribution in [-0.4, -0.2) is 203 Å². The Balaban J connectivity index is 1.51. The minimum Gasteiger partial charge on any atom is -0.481 e. The second-order valence-corrected chi connectivity index (χ2v) is 12.5. The van der Waals surface area contributed by atoms with Crippen molar-refractivity contribution in [3.63, 3.8) is 0 Å². The van der Waals surface area contributed by atoms with E-state index in [-0.39, 0.29) is 6.42 Å². The minimum absolute atomic E-state index is 0.0333. The lowest BCUT2D eigenvalue weighted by molar-refractivity contribution is -0.373. The maximum atomic E-state index is 12.2. The highest BCUT2D eigenvalue weighted by Gasteiger charge is 2.58. The number of ether oxygens (including phenoxy) is 7. The van der Waals surface area contributed by atoms with Gasteiger partial charge in [0.2, 0.25) is 0 Å². The van der Waals surface area contributed by atoms with Crippen molar-refractivity contribution in [2.24, 2.45) is 11.8 Å². The molecule has 4 fully saturated rings. The van der Waals surface area contributed by atoms with E-state index in [9.17, 15) is 80.5 Å². The van der Waals surface area contributed by atoms with Crippen molar-refractivity contribution >= 4 is 23.9 Å². The number of hydrogen-bond donors (Lipinski definition) is 12. The molecule has 292 valence electrons. The lowest BCUT2D eigenvalue weighted by atomic mass is 9.80. The molecule has 20 atom stereocenters. The van der Waals surface area contributed by atoms with E-state index in [0.717, 1.165) is 7.11 Å². The molecule has 23 nitrogen and oxygen atoms in total. The molecule has 0 spiro atoms. The van der Waals surface area contributed by atoms with E-state index in [0.29, 0.717) is 0 Å². The number of carbonyl (C=O) groups is 4. The van der Waals surface area contributed by atoms with Crippen LogP contribution in [0.1, 0.15) is 19.8 Å². The van der Waals surface area contributed by atoms with Crippen molar-refractivity contribution < 1.29 is 114 Å². The zero-order valence-corrected chi connectivity index (χ0v) is 26.8. The molecule has 12 N–H and O–H groups in total. The van der Waals surface area contributed by atoms with Crippen molar-refractivity contribution in [3.8, 4) is 0 Å². The maximum absolute atomic E-state index is 12.2. The average Bonchev–Trinajstić information content (AvgIpc) is 3.07. The molecule has 3 aliphatic heterocycles. The molecular weight excluding hydrogens is 704 g/mol. The highest BCUT2D eigenvalue weighted by molar-refractivity contribution is 5.74. The number of aliphatic hydroxyl groups is 8. The summed E-state index contributed by atoms with van der Waals surface area (Å²) in [4.78, 5) is 48.0. The predicted molar refractivity (Wildman–Crippen MR) is 152 cm³/mol. The van der Waals surface area contributed by atoms with Crippen LogP contribution in [0.5, 0.6) is 0 Å². The van der Waals surface area contributed by atoms with Crippen LogP contribution in [0.3, 0.4) is 0 Å². The van der Waals surface area contributed by atoms with Crippen molar-refractivity contribution in [1.29, 1.82) is 0 Å². The molecule has 0 amide bonds. The van der Waals surface area contributed by atoms with Crippen LogP contribution in [0.2, 0.25) is 0 Å². The summed E-state index contributed by atoms with van der Waals surface area (Å²) in [5.74, 6) is -9.58. The summed E-state index contributed by atoms with van der Waals surface area (Å²) < 4.78 is 36.8. The van der Waals surface area contributed by atoms with Gasteiger partial charge in [0.05, 0.1) is 18.1 Å². The topological polar surface area (TPSA) is 376 Å². The fourth-order valence-corrected chi connectivity index (χ4v) is 6.62. The van der Waals surface area contributed by atoms with Crippen LogP contribution in [0.25, 0.3) is 0 Å². The number of methoxy groups -OCH3 is 1. The first-order valence-electron chi connectivity index (χ1n) is 15.7. The van der Waals surface area contributed by atoms with Crippen LogP contribution in [-0.2, 0) is 52.3 Å². The van der Waals surface area contributed by atoms with E-state index in [4.69, 9.17) is 33.2 Å². The lowest BCUT2D eigenvalue weighted by Crippen LogP contribution is -2.67. The third kappa shape index (κ3) is 8.12. The third-order valence-corrected chi connectivity index (χ3v) is 9.47. The van der Waals surface area contributed by atoms with Crippen LogP contribution in [0, 0.1) is 11.8 Å². The minimum atomic E-state index is -2.34. The van der Waals surface area contributed by atoms with E-state index >= 15 is 0 Å². The van der Waals surface area contributed by atoms with Crippen LogP contribution in [0.15, 0.2) is 0 Å². The van der Waals surface area contributed by atoms with Crippen molar-refractivity contribution in [2.45, 2.75) is 130 Å². The summed E-state index contributed by atoms with van der Waals surface area (Å²) in [7, 11) is 1.15. The van der Waals surface area contributed by atoms with Crippen LogP contribution >= 0.6 is 0 Å². The van der Waals surface area contributed by atoms with Gasteiger partial charge in [0, 0.05) is 13.0 Å². The number of carboxylic acid groups (broad SMARTS) is 4. The number of rotatable bonds is 12. The Hall–Kier alpha value is -2.72. The molecule has 0 aromatic carbocycles. The van der Waals surface area contributed by atoms with Gasteiger partial charge in [0.25, 0.3) is 0 Å². The Morgan fingerprint density at radius 3 is 1.27 bits per heavy atom. The van der Waals surface area contributed by atoms with Gasteiger partial charge >= 0.3 is 23.9 Å². The first-order valence-corrected chi connectivity index (χ1v) is 15.7. The second kappa shape index (κ2) is 16.5. The Bertz CT molecular complexity index is 1250. The molecule has 4 rings (SSSR count). The fraction of sp³-hybridized carbons (Fsp3) is 0.857. The second-order valence-electron chi connectivity index (χ2n) is 12.5. The molecule has 23 heteroatoms. The third-order valence-electron chi connectivity index (χ3n) is 9.47. The van der Waals surface area contributed by atoms with Crippen LogP contribution in [0.4, 0.5) is 0 Å². The molecule has 3 saturated heterocycles. The van der Waals surface area contributed by atoms with Crippen LogP contribution < -0.4 is 0 Å². The molecule has 9 unspecified atom stereocenters. The van der Waals surface area contributed by atoms with E-state index in [1.54, 1.807) is 0 Å². The molecule has 51 heavy (non-hydrogen) atoms. The Morgan fingerprint density at radius 1 is 0.529 bits per heavy atom. The maximum Gasteiger partial charge on any atom is 0.335 e. The van der Waals surface area contributed by atoms with Gasteiger partial charge < -0.3 is 94.4 Å². The Labute approximate surface area is 287 Å². The average molecular weight is 747 g/mol. The number of carboxylic acids is 4. The van der Waals surface area contributed by atoms with Gasteiger partial charge in [0.1, 0.15) is 61.0 Å². The van der Waals surface area contributed by atoms with Gasteiger partial charge in [-0.1, -0.05) is 6.92 Å². The first-order chi connectivity index (χ1) is 23.9. The number of aliphatic hydroxyl groups excluding tert-OH is 8. The molecular formula is C28H42O23. The highest BCUT2D eigenvalue weighted by Crippen LogP contribution is 2.37. The Morgan fingerprint density at radius 2 is 0.902 bits per heavy atom. The highest BCUT2D eigenvalue weighted by atomic mass is 16.8. The standard InChI is InChI=1S/C28H42O23/c1-3-5-8(29)13(34)26(47-17(5)23(39)40)48-18-12(33)15(36)28(51-21(18)25(43)44)49-19-11(32)14(35)27(50-20(19)24(41)42)46-16-6(22(37)38)4-7(45-2)9(30)10(16)31/h5-21,26-36H,3-4H2,1-2H3,(H,37,38)(H,39,40)(H,41,42)(H,43,44)/t5-,6+,7+,8+,9?,10?,11+,12?,13?,14?,15?,16+,17?,18-,19+,20?,21?,26-,27+,28+/m0/s1. The SMILES string of the molecule is CC[C@@H]1C(C(=O)O)O[C@@H](O[C@@H]2C(C(=O)O)O[C@@H](O[C@H]3C(C(=O)O)O[C@@H](O[C@H]4C(O)C(O)[C@H](OC)C[C@H]4C(=O)O)C(O)[C@H]3O)C(O)C2O)C(O)[C@@H]1O. The van der Waals surface area contributed by atoms with Gasteiger partial charge in [0.15, 0.2) is 37.2 Å². The smallest absolute Gasteiger partial charge is 0.335 e. The normalized spacial score (nSPS) is 47.7. The lowest BCUT2D eigenvalue weighted by Gasteiger charge is -2.48. The monoisotopic (exact) mass is 746 g/mol. The summed E-state index contributed by atoms with van der Waals surface area (Å²) in [6, 6.07) is 0. The van der Waals surface area contributed by atoms with Crippen molar-refractivity contribution in [2.75, 3.05) is 7.11 Å². The number of hydrogen-bond acceptors (Lipinski definition) is 19. The van der Waals surface area contributed by atoms with E-state index in [1.165, 1.54) is 6.92 Å². The van der Waals surface area contributed by atoms with Gasteiger partial charge in [-0.25, -0.2) is 14.4 Å². The van der Waals surface area contributed by atoms with E-state index in [2.05, 4.69) is 0 Å². The largest absolute Gasteiger partial charge is 0.481 e. The molecule has 1 aliphatic carbocycles. The number of aliphatic carboxylic acids is 4. The van der Waals surface area contributed by atoms with Crippen molar-refractivity contribution in [3.05, 3.63) is 0 Å². The molecule has 0 bridgehead atoms. The molecule has 0 aromatic rings. The molecule has 4 aliphatic rings. The summed E-state index contributed by atoms with van der Waals surface area (Å²) in [6.07, 6.45) is -37.4. The molecule has 0 aromatic heterocycles. The van der Waals surface area contributed by atoms with E-state index in [1.807, 2.05) is 0 Å². The summed E-state index contributed by atoms with van der Waals surface area (Å²) in [6.45, 7) is 1.50. The van der Waals surface area contributed by atoms with Crippen molar-refractivity contribution in [1.82, 2.24) is 0 Å². The molecule has 3 heterocycles. The predicted octanol–water partition coefficient (Wildman–Crippen LogP) is -6.40. The summed E-state index contributed by atoms with van der Waals surface area (Å²) in [5.41, 5.74) is 0. The van der Waals surface area contributed by atoms with E-state index < -0.39 is 153 Å². The molecule has 1 saturated carbocycles. The van der Waals surface area contributed by atoms with Gasteiger partial charge in [-0.05, 0) is 12.8 Å². The molecule has 0 radical (unpaired) electrons. The van der Waals surface area contributed by atoms with Gasteiger partial charge in [-0.15, -0.1) is 0 Å². The first kappa shape index (κ1) is 41.0. The quantitative estimate of drug-likeness (QED) is 0.0883. The van der Waals surface area contributed by atoms with Gasteiger partial charge in [-0.3, -0.25) is 4.79 Å². The summed E-state index contributed by atoms with van der Waals surface area (Å²) >= 11 is 0.